The molecule has 0 aromatic carbocycles. The Hall–Kier alpha value is -2.79. The highest BCUT2D eigenvalue weighted by Gasteiger charge is 2.75. The highest BCUT2D eigenvalue weighted by atomic mass is 32.7. The van der Waals surface area contributed by atoms with Gasteiger partial charge in [0, 0.05) is 13.0 Å². The number of hydrogen-bond donors (Lipinski definition) is 5. The fraction of sp³-hybridized carbons (Fsp3) is 0.655. The van der Waals surface area contributed by atoms with E-state index in [-0.39, 0.29) is 40.5 Å². The average molecular weight is 829 g/mol. The van der Waals surface area contributed by atoms with E-state index in [1.807, 2.05) is 4.57 Å². The zero-order valence-electron chi connectivity index (χ0n) is 30.1. The molecule has 0 spiro atoms. The molecule has 0 amide bonds. The summed E-state index contributed by atoms with van der Waals surface area (Å²) in [6, 6.07) is 0. The van der Waals surface area contributed by atoms with Crippen molar-refractivity contribution in [1.29, 1.82) is 0 Å². The number of imidazole rings is 2. The number of nitrogens with two attached hydrogens (primary N) is 2. The number of H-pyrrole nitrogens is 1. The number of phosphoric ester groups is 1. The van der Waals surface area contributed by atoms with Crippen LogP contribution in [-0.4, -0.2) is 103 Å². The molecule has 4 aliphatic rings. The summed E-state index contributed by atoms with van der Waals surface area (Å²) in [7, 11) is -6.23. The maximum Gasteiger partial charge on any atom is 0.472 e. The van der Waals surface area contributed by atoms with Crippen molar-refractivity contribution in [2.45, 2.75) is 87.6 Å². The van der Waals surface area contributed by atoms with Crippen LogP contribution in [0.2, 0.25) is 18.1 Å². The third-order valence-corrected chi connectivity index (χ3v) is 18.5. The molecular formula is C29H42N10O11P2SSi. The molecule has 8 rings (SSSR count). The minimum atomic E-state index is -4.95. The van der Waals surface area contributed by atoms with Gasteiger partial charge in [0.1, 0.15) is 36.3 Å². The van der Waals surface area contributed by atoms with Gasteiger partial charge in [-0.3, -0.25) is 32.4 Å². The van der Waals surface area contributed by atoms with Crippen molar-refractivity contribution >= 4 is 69.3 Å². The molecule has 2 unspecified atom stereocenters. The second-order valence-corrected chi connectivity index (χ2v) is 24.6. The monoisotopic (exact) mass is 828 g/mol. The van der Waals surface area contributed by atoms with Crippen molar-refractivity contribution in [3.8, 4) is 0 Å². The summed E-state index contributed by atoms with van der Waals surface area (Å²) < 4.78 is 74.5. The van der Waals surface area contributed by atoms with Crippen LogP contribution in [0, 0.1) is 11.8 Å². The number of nitrogens with zero attached hydrogens (tertiary/aromatic N) is 7. The molecule has 25 heteroatoms. The van der Waals surface area contributed by atoms with E-state index in [1.165, 1.54) is 24.3 Å². The van der Waals surface area contributed by atoms with Gasteiger partial charge in [0.25, 0.3) is 5.56 Å². The van der Waals surface area contributed by atoms with E-state index in [4.69, 9.17) is 43.5 Å². The highest BCUT2D eigenvalue weighted by Crippen LogP contribution is 2.70. The molecule has 54 heavy (non-hydrogen) atoms. The summed E-state index contributed by atoms with van der Waals surface area (Å²) in [5.41, 5.74) is 11.3. The predicted molar refractivity (Wildman–Crippen MR) is 197 cm³/mol. The Balaban J connectivity index is 1.19. The number of ether oxygens (including phenoxy) is 2. The quantitative estimate of drug-likeness (QED) is 0.110. The van der Waals surface area contributed by atoms with E-state index >= 15 is 0 Å². The molecule has 6 heterocycles. The van der Waals surface area contributed by atoms with Gasteiger partial charge in [-0.2, -0.15) is 4.98 Å². The van der Waals surface area contributed by atoms with Gasteiger partial charge in [0.05, 0.1) is 37.5 Å². The molecule has 2 aliphatic heterocycles. The third kappa shape index (κ3) is 6.16. The van der Waals surface area contributed by atoms with Crippen LogP contribution < -0.4 is 17.0 Å². The standard InChI is InChI=1S/C29H42N10O11P2SSi/c1-28(2,3)54(5,6)50-21-18-13(14-7-29(14,21)39-12-35-16-22(30)32-10-33-23(16)39)8-45-51(41,42)48-20-19(44-4)15(9-46-52(43,53)49-18)47-26(20)38-11-34-17-24(38)36-27(31)37-25(17)40/h10-15,18-21,26H,7-9H2,1-6H3,(H,41,42)(H,43,53)(H2,30,32,33)(H3,31,36,37,40)/t13-,14-,15+,18+,19+,20+,21?,26+,29+,52+/m0/s1. The molecule has 6 N–H and O–H groups in total. The molecule has 4 aromatic rings. The molecule has 2 saturated heterocycles. The number of methoxy groups -OCH3 is 1. The summed E-state index contributed by atoms with van der Waals surface area (Å²) in [6.45, 7) is 5.36. The Morgan fingerprint density at radius 2 is 1.80 bits per heavy atom. The molecule has 21 nitrogen and oxygen atoms in total. The highest BCUT2D eigenvalue weighted by molar-refractivity contribution is 8.44. The van der Waals surface area contributed by atoms with Crippen LogP contribution in [0.4, 0.5) is 11.8 Å². The van der Waals surface area contributed by atoms with E-state index in [0.29, 0.717) is 17.6 Å². The second-order valence-electron chi connectivity index (χ2n) is 15.5. The van der Waals surface area contributed by atoms with Crippen LogP contribution in [0.1, 0.15) is 33.4 Å². The fourth-order valence-corrected chi connectivity index (χ4v) is 11.5. The topological polar surface area (TPSA) is 278 Å². The van der Waals surface area contributed by atoms with Crippen LogP contribution in [0.15, 0.2) is 23.8 Å². The van der Waals surface area contributed by atoms with E-state index in [9.17, 15) is 18.8 Å². The zero-order valence-corrected chi connectivity index (χ0v) is 33.8. The van der Waals surface area contributed by atoms with E-state index < -0.39 is 83.3 Å². The first-order valence-electron chi connectivity index (χ1n) is 17.1. The van der Waals surface area contributed by atoms with E-state index in [0.717, 1.165) is 0 Å². The van der Waals surface area contributed by atoms with Crippen molar-refractivity contribution in [3.05, 3.63) is 29.3 Å². The van der Waals surface area contributed by atoms with Gasteiger partial charge >= 0.3 is 14.6 Å². The number of hydrogen-bond acceptors (Lipinski definition) is 17. The SMILES string of the molecule is CO[C@H]1[C@H]2OP(=O)(O)OC[C@@H]3[C@@H](O[P@](=O)(S)OC[C@H]1O[C@H]2n1cnc2c(=O)[nH]c(N)nc21)C(O[Si](C)(C)C(C)(C)C)[C@@]1(n2cnc4c(N)ncnc42)C[C@@H]31. The van der Waals surface area contributed by atoms with Crippen LogP contribution in [-0.2, 0) is 46.7 Å². The fourth-order valence-electron chi connectivity index (χ4n) is 7.77. The molecular weight excluding hydrogens is 786 g/mol. The molecule has 4 fully saturated rings. The minimum absolute atomic E-state index is 0.00924. The molecule has 0 radical (unpaired) electrons. The lowest BCUT2D eigenvalue weighted by molar-refractivity contribution is -0.0580. The molecule has 11 atom stereocenters. The number of aromatic nitrogens is 8. The summed E-state index contributed by atoms with van der Waals surface area (Å²) in [6.07, 6.45) is -1.90. The molecule has 4 aromatic heterocycles. The summed E-state index contributed by atoms with van der Waals surface area (Å²) >= 11 is 4.42. The number of nitrogens with one attached hydrogen (secondary N) is 1. The van der Waals surface area contributed by atoms with Gasteiger partial charge in [-0.1, -0.05) is 33.0 Å². The first-order chi connectivity index (χ1) is 25.3. The zero-order chi connectivity index (χ0) is 38.7. The Morgan fingerprint density at radius 1 is 1.06 bits per heavy atom. The smallest absolute Gasteiger partial charge is 0.409 e. The molecule has 294 valence electrons. The molecule has 2 aliphatic carbocycles. The van der Waals surface area contributed by atoms with Gasteiger partial charge in [-0.15, -0.1) is 0 Å². The Morgan fingerprint density at radius 3 is 2.52 bits per heavy atom. The Labute approximate surface area is 314 Å². The lowest BCUT2D eigenvalue weighted by atomic mass is 10.0. The van der Waals surface area contributed by atoms with Crippen molar-refractivity contribution in [2.24, 2.45) is 11.8 Å². The lowest BCUT2D eigenvalue weighted by Crippen LogP contribution is -2.52. The minimum Gasteiger partial charge on any atom is -0.409 e. The second kappa shape index (κ2) is 12.9. The number of nitrogen functional groups attached to an aromatic ring is 2. The van der Waals surface area contributed by atoms with Crippen molar-refractivity contribution in [1.82, 2.24) is 39.0 Å². The maximum absolute atomic E-state index is 14.3. The largest absolute Gasteiger partial charge is 0.472 e. The van der Waals surface area contributed by atoms with Crippen molar-refractivity contribution < 1.29 is 46.0 Å². The third-order valence-electron chi connectivity index (χ3n) is 11.4. The molecule has 2 saturated carbocycles. The van der Waals surface area contributed by atoms with Crippen molar-refractivity contribution in [2.75, 3.05) is 31.8 Å². The van der Waals surface area contributed by atoms with Crippen LogP contribution in [0.25, 0.3) is 22.3 Å². The van der Waals surface area contributed by atoms with Crippen molar-refractivity contribution in [3.63, 3.8) is 0 Å². The van der Waals surface area contributed by atoms with Crippen LogP contribution in [0.3, 0.4) is 0 Å². The summed E-state index contributed by atoms with van der Waals surface area (Å²) in [4.78, 5) is 47.7. The van der Waals surface area contributed by atoms with Gasteiger partial charge in [0.2, 0.25) is 5.95 Å². The van der Waals surface area contributed by atoms with E-state index in [1.54, 1.807) is 6.33 Å². The number of aromatic amines is 1. The van der Waals surface area contributed by atoms with Crippen LogP contribution in [0.5, 0.6) is 0 Å². The van der Waals surface area contributed by atoms with Gasteiger partial charge in [-0.05, 0) is 30.5 Å². The number of fused-ring (bicyclic) bond motifs is 7. The predicted octanol–water partition coefficient (Wildman–Crippen LogP) is 2.73. The summed E-state index contributed by atoms with van der Waals surface area (Å²) in [5, 5.41) is -0.256. The average Bonchev–Trinajstić information content (AvgIpc) is 3.38. The normalized spacial score (nSPS) is 37.4. The van der Waals surface area contributed by atoms with Crippen LogP contribution >= 0.6 is 26.9 Å². The van der Waals surface area contributed by atoms with Gasteiger partial charge < -0.3 is 34.8 Å². The van der Waals surface area contributed by atoms with Gasteiger partial charge in [-0.25, -0.2) is 29.1 Å². The van der Waals surface area contributed by atoms with Gasteiger partial charge in [0.15, 0.2) is 37.2 Å². The number of thiol groups is 1. The Kier molecular flexibility index (Phi) is 9.08. The number of rotatable bonds is 5. The number of phosphoric acid groups is 1. The first-order valence-corrected chi connectivity index (χ1v) is 24.2. The first kappa shape index (κ1) is 38.1. The molecule has 2 bridgehead atoms. The number of anilines is 2. The Bertz CT molecular complexity index is 2290. The maximum atomic E-state index is 14.3. The summed E-state index contributed by atoms with van der Waals surface area (Å²) in [5.74, 6) is -1.00. The lowest BCUT2D eigenvalue weighted by Gasteiger charge is -2.43. The van der Waals surface area contributed by atoms with E-state index in [2.05, 4.69) is 76.0 Å².